The Kier molecular flexibility index (Phi) is 3.29. The van der Waals surface area contributed by atoms with E-state index in [1.807, 2.05) is 13.0 Å². The van der Waals surface area contributed by atoms with Crippen LogP contribution in [0.3, 0.4) is 0 Å². The lowest BCUT2D eigenvalue weighted by Gasteiger charge is -2.10. The largest absolute Gasteiger partial charge is 0.354 e. The van der Waals surface area contributed by atoms with Gasteiger partial charge in [0.1, 0.15) is 0 Å². The van der Waals surface area contributed by atoms with Crippen molar-refractivity contribution >= 4 is 17.2 Å². The molecule has 0 spiro atoms. The molecule has 12 heavy (non-hydrogen) atoms. The molecule has 0 radical (unpaired) electrons. The van der Waals surface area contributed by atoms with Crippen molar-refractivity contribution in [3.8, 4) is 0 Å². The molecule has 0 saturated heterocycles. The van der Waals surface area contributed by atoms with Crippen LogP contribution in [-0.4, -0.2) is 11.9 Å². The second kappa shape index (κ2) is 4.26. The van der Waals surface area contributed by atoms with Crippen LogP contribution >= 0.6 is 11.3 Å². The highest BCUT2D eigenvalue weighted by atomic mass is 32.1. The zero-order valence-corrected chi connectivity index (χ0v) is 8.15. The molecule has 0 aliphatic heterocycles. The SMILES string of the molecule is CC(=O)NC(C)Cc1cccs1. The second-order valence-electron chi connectivity index (χ2n) is 2.89. The van der Waals surface area contributed by atoms with Gasteiger partial charge in [0.15, 0.2) is 0 Å². The van der Waals surface area contributed by atoms with Gasteiger partial charge in [0, 0.05) is 24.3 Å². The van der Waals surface area contributed by atoms with Crippen molar-refractivity contribution in [1.29, 1.82) is 0 Å². The van der Waals surface area contributed by atoms with Crippen LogP contribution in [0.1, 0.15) is 18.7 Å². The maximum atomic E-state index is 10.7. The van der Waals surface area contributed by atoms with Crippen LogP contribution < -0.4 is 5.32 Å². The zero-order valence-electron chi connectivity index (χ0n) is 7.33. The minimum absolute atomic E-state index is 0.0408. The molecule has 1 rings (SSSR count). The number of thiophene rings is 1. The van der Waals surface area contributed by atoms with Crippen LogP contribution in [0, 0.1) is 0 Å². The van der Waals surface area contributed by atoms with E-state index in [0.29, 0.717) is 0 Å². The third-order valence-corrected chi connectivity index (χ3v) is 2.44. The molecule has 0 saturated carbocycles. The Hall–Kier alpha value is -0.830. The first-order chi connectivity index (χ1) is 5.68. The molecular weight excluding hydrogens is 170 g/mol. The van der Waals surface area contributed by atoms with E-state index in [9.17, 15) is 4.79 Å². The first kappa shape index (κ1) is 9.26. The Labute approximate surface area is 76.6 Å². The van der Waals surface area contributed by atoms with Gasteiger partial charge in [0.05, 0.1) is 0 Å². The van der Waals surface area contributed by atoms with Crippen LogP contribution in [-0.2, 0) is 11.2 Å². The standard InChI is InChI=1S/C9H13NOS/c1-7(10-8(2)11)6-9-4-3-5-12-9/h3-5,7H,6H2,1-2H3,(H,10,11). The zero-order chi connectivity index (χ0) is 8.97. The molecule has 3 heteroatoms. The van der Waals surface area contributed by atoms with Crippen LogP contribution in [0.5, 0.6) is 0 Å². The second-order valence-corrected chi connectivity index (χ2v) is 3.92. The molecule has 1 aromatic heterocycles. The van der Waals surface area contributed by atoms with Gasteiger partial charge in [-0.05, 0) is 18.4 Å². The predicted molar refractivity (Wildman–Crippen MR) is 51.3 cm³/mol. The van der Waals surface area contributed by atoms with Gasteiger partial charge in [-0.15, -0.1) is 11.3 Å². The van der Waals surface area contributed by atoms with Crippen molar-refractivity contribution in [2.24, 2.45) is 0 Å². The van der Waals surface area contributed by atoms with Gasteiger partial charge < -0.3 is 5.32 Å². The van der Waals surface area contributed by atoms with Gasteiger partial charge >= 0.3 is 0 Å². The summed E-state index contributed by atoms with van der Waals surface area (Å²) in [4.78, 5) is 12.0. The fourth-order valence-corrected chi connectivity index (χ4v) is 1.96. The molecule has 66 valence electrons. The predicted octanol–water partition coefficient (Wildman–Crippen LogP) is 1.82. The summed E-state index contributed by atoms with van der Waals surface area (Å²) in [5.74, 6) is 0.0408. The highest BCUT2D eigenvalue weighted by molar-refractivity contribution is 7.09. The first-order valence-corrected chi connectivity index (χ1v) is 4.86. The van der Waals surface area contributed by atoms with E-state index < -0.39 is 0 Å². The molecule has 0 fully saturated rings. The fourth-order valence-electron chi connectivity index (χ4n) is 1.13. The van der Waals surface area contributed by atoms with Crippen LogP contribution in [0.4, 0.5) is 0 Å². The van der Waals surface area contributed by atoms with Gasteiger partial charge in [0.2, 0.25) is 5.91 Å². The van der Waals surface area contributed by atoms with Gasteiger partial charge in [-0.25, -0.2) is 0 Å². The number of nitrogens with one attached hydrogen (secondary N) is 1. The third-order valence-electron chi connectivity index (χ3n) is 1.54. The molecule has 2 nitrogen and oxygen atoms in total. The number of hydrogen-bond donors (Lipinski definition) is 1. The lowest BCUT2D eigenvalue weighted by Crippen LogP contribution is -2.31. The van der Waals surface area contributed by atoms with Gasteiger partial charge in [-0.1, -0.05) is 6.07 Å². The summed E-state index contributed by atoms with van der Waals surface area (Å²) < 4.78 is 0. The smallest absolute Gasteiger partial charge is 0.217 e. The Balaban J connectivity index is 2.36. The van der Waals surface area contributed by atoms with E-state index in [-0.39, 0.29) is 11.9 Å². The van der Waals surface area contributed by atoms with Gasteiger partial charge in [-0.3, -0.25) is 4.79 Å². The van der Waals surface area contributed by atoms with Crippen molar-refractivity contribution in [3.63, 3.8) is 0 Å². The molecule has 1 heterocycles. The van der Waals surface area contributed by atoms with Crippen LogP contribution in [0.2, 0.25) is 0 Å². The average molecular weight is 183 g/mol. The highest BCUT2D eigenvalue weighted by Gasteiger charge is 2.04. The average Bonchev–Trinajstić information content (AvgIpc) is 2.37. The van der Waals surface area contributed by atoms with Crippen molar-refractivity contribution < 1.29 is 4.79 Å². The number of carbonyl (C=O) groups is 1. The third kappa shape index (κ3) is 3.05. The quantitative estimate of drug-likeness (QED) is 0.761. The molecule has 1 N–H and O–H groups in total. The van der Waals surface area contributed by atoms with Crippen molar-refractivity contribution in [2.45, 2.75) is 26.3 Å². The summed E-state index contributed by atoms with van der Waals surface area (Å²) in [5, 5.41) is 4.90. The molecular formula is C9H13NOS. The lowest BCUT2D eigenvalue weighted by atomic mass is 10.2. The van der Waals surface area contributed by atoms with E-state index in [4.69, 9.17) is 0 Å². The summed E-state index contributed by atoms with van der Waals surface area (Å²) in [7, 11) is 0. The number of hydrogen-bond acceptors (Lipinski definition) is 2. The molecule has 0 aliphatic carbocycles. The highest BCUT2D eigenvalue weighted by Crippen LogP contribution is 2.10. The Morgan fingerprint density at radius 2 is 2.50 bits per heavy atom. The fraction of sp³-hybridized carbons (Fsp3) is 0.444. The molecule has 1 aromatic rings. The maximum absolute atomic E-state index is 10.7. The Morgan fingerprint density at radius 3 is 3.00 bits per heavy atom. The summed E-state index contributed by atoms with van der Waals surface area (Å²) in [5.41, 5.74) is 0. The molecule has 0 aliphatic rings. The Bertz CT molecular complexity index is 243. The van der Waals surface area contributed by atoms with E-state index >= 15 is 0 Å². The normalized spacial score (nSPS) is 12.5. The Morgan fingerprint density at radius 1 is 1.75 bits per heavy atom. The summed E-state index contributed by atoms with van der Waals surface area (Å²) in [6, 6.07) is 4.35. The summed E-state index contributed by atoms with van der Waals surface area (Å²) >= 11 is 1.73. The molecule has 0 aromatic carbocycles. The topological polar surface area (TPSA) is 29.1 Å². The van der Waals surface area contributed by atoms with Crippen LogP contribution in [0.25, 0.3) is 0 Å². The first-order valence-electron chi connectivity index (χ1n) is 3.98. The monoisotopic (exact) mass is 183 g/mol. The number of carbonyl (C=O) groups excluding carboxylic acids is 1. The van der Waals surface area contributed by atoms with E-state index in [1.54, 1.807) is 18.3 Å². The van der Waals surface area contributed by atoms with E-state index in [0.717, 1.165) is 6.42 Å². The van der Waals surface area contributed by atoms with Crippen molar-refractivity contribution in [2.75, 3.05) is 0 Å². The van der Waals surface area contributed by atoms with Gasteiger partial charge in [0.25, 0.3) is 0 Å². The van der Waals surface area contributed by atoms with Crippen molar-refractivity contribution in [1.82, 2.24) is 5.32 Å². The number of rotatable bonds is 3. The molecule has 1 amide bonds. The minimum atomic E-state index is 0.0408. The molecule has 1 atom stereocenters. The van der Waals surface area contributed by atoms with E-state index in [1.165, 1.54) is 4.88 Å². The lowest BCUT2D eigenvalue weighted by molar-refractivity contribution is -0.119. The summed E-state index contributed by atoms with van der Waals surface area (Å²) in [6.45, 7) is 3.56. The maximum Gasteiger partial charge on any atom is 0.217 e. The molecule has 1 unspecified atom stereocenters. The number of amides is 1. The summed E-state index contributed by atoms with van der Waals surface area (Å²) in [6.07, 6.45) is 0.928. The van der Waals surface area contributed by atoms with Crippen LogP contribution in [0.15, 0.2) is 17.5 Å². The van der Waals surface area contributed by atoms with Gasteiger partial charge in [-0.2, -0.15) is 0 Å². The molecule has 0 bridgehead atoms. The van der Waals surface area contributed by atoms with Crippen molar-refractivity contribution in [3.05, 3.63) is 22.4 Å². The van der Waals surface area contributed by atoms with E-state index in [2.05, 4.69) is 16.8 Å². The minimum Gasteiger partial charge on any atom is -0.354 e.